The molecule has 1 atom stereocenters. The number of rotatable bonds is 6. The maximum Gasteiger partial charge on any atom is 0.344 e. The molecular formula is C17H13Cl3FNO4. The van der Waals surface area contributed by atoms with Gasteiger partial charge >= 0.3 is 5.97 Å². The second-order valence-corrected chi connectivity index (χ2v) is 6.34. The summed E-state index contributed by atoms with van der Waals surface area (Å²) in [5.74, 6) is -1.75. The molecule has 0 aromatic heterocycles. The Morgan fingerprint density at radius 1 is 1.12 bits per heavy atom. The van der Waals surface area contributed by atoms with Crippen LogP contribution in [0.3, 0.4) is 0 Å². The number of hydrogen-bond acceptors (Lipinski definition) is 4. The highest BCUT2D eigenvalue weighted by Gasteiger charge is 2.20. The Kier molecular flexibility index (Phi) is 7.08. The number of ether oxygens (including phenoxy) is 2. The summed E-state index contributed by atoms with van der Waals surface area (Å²) in [6, 6.07) is 8.05. The molecule has 0 spiro atoms. The summed E-state index contributed by atoms with van der Waals surface area (Å²) >= 11 is 17.7. The predicted octanol–water partition coefficient (Wildman–Crippen LogP) is 4.74. The summed E-state index contributed by atoms with van der Waals surface area (Å²) in [7, 11) is 0. The van der Waals surface area contributed by atoms with Crippen molar-refractivity contribution in [3.05, 3.63) is 57.3 Å². The summed E-state index contributed by atoms with van der Waals surface area (Å²) in [6.07, 6.45) is -1.12. The van der Waals surface area contributed by atoms with Crippen molar-refractivity contribution in [1.82, 2.24) is 0 Å². The summed E-state index contributed by atoms with van der Waals surface area (Å²) in [5.41, 5.74) is 0.227. The Labute approximate surface area is 163 Å². The average Bonchev–Trinajstić information content (AvgIpc) is 2.57. The van der Waals surface area contributed by atoms with Crippen LogP contribution in [0, 0.1) is 5.82 Å². The third-order valence-electron chi connectivity index (χ3n) is 3.10. The van der Waals surface area contributed by atoms with Gasteiger partial charge < -0.3 is 14.8 Å². The van der Waals surface area contributed by atoms with Gasteiger partial charge in [0.05, 0.1) is 20.8 Å². The molecule has 5 nitrogen and oxygen atoms in total. The third-order valence-corrected chi connectivity index (χ3v) is 4.13. The Bertz CT molecular complexity index is 832. The molecule has 0 aliphatic rings. The fraction of sp³-hybridized carbons (Fsp3) is 0.176. The van der Waals surface area contributed by atoms with E-state index >= 15 is 0 Å². The van der Waals surface area contributed by atoms with Crippen molar-refractivity contribution < 1.29 is 23.5 Å². The van der Waals surface area contributed by atoms with E-state index in [4.69, 9.17) is 44.3 Å². The van der Waals surface area contributed by atoms with Gasteiger partial charge in [0, 0.05) is 6.07 Å². The molecule has 9 heteroatoms. The Morgan fingerprint density at radius 3 is 2.50 bits per heavy atom. The van der Waals surface area contributed by atoms with Gasteiger partial charge in [-0.1, -0.05) is 40.9 Å². The van der Waals surface area contributed by atoms with Gasteiger partial charge in [0.1, 0.15) is 11.6 Å². The summed E-state index contributed by atoms with van der Waals surface area (Å²) in [5, 5.41) is 3.11. The fourth-order valence-corrected chi connectivity index (χ4v) is 2.43. The minimum atomic E-state index is -1.12. The van der Waals surface area contributed by atoms with Crippen LogP contribution in [0.25, 0.3) is 0 Å². The van der Waals surface area contributed by atoms with Crippen molar-refractivity contribution in [2.45, 2.75) is 13.0 Å². The maximum absolute atomic E-state index is 13.0. The number of carbonyl (C=O) groups excluding carboxylic acids is 2. The molecule has 0 aliphatic carbocycles. The summed E-state index contributed by atoms with van der Waals surface area (Å²) < 4.78 is 23.1. The van der Waals surface area contributed by atoms with E-state index in [2.05, 4.69) is 5.32 Å². The van der Waals surface area contributed by atoms with Gasteiger partial charge in [-0.05, 0) is 31.2 Å². The van der Waals surface area contributed by atoms with Crippen molar-refractivity contribution in [3.63, 3.8) is 0 Å². The molecule has 2 rings (SSSR count). The van der Waals surface area contributed by atoms with E-state index in [0.29, 0.717) is 0 Å². The third kappa shape index (κ3) is 5.76. The molecule has 0 bridgehead atoms. The van der Waals surface area contributed by atoms with Crippen LogP contribution < -0.4 is 10.1 Å². The van der Waals surface area contributed by atoms with Crippen LogP contribution in [0.2, 0.25) is 15.1 Å². The highest BCUT2D eigenvalue weighted by molar-refractivity contribution is 6.44. The molecular weight excluding hydrogens is 408 g/mol. The highest BCUT2D eigenvalue weighted by Crippen LogP contribution is 2.32. The van der Waals surface area contributed by atoms with Gasteiger partial charge in [-0.15, -0.1) is 0 Å². The van der Waals surface area contributed by atoms with Crippen molar-refractivity contribution in [2.24, 2.45) is 0 Å². The Balaban J connectivity index is 1.88. The SMILES string of the molecule is CC(OC(=O)COc1cccc(F)c1)C(=O)Nc1cc(Cl)c(Cl)cc1Cl. The molecule has 0 aliphatic heterocycles. The number of halogens is 4. The minimum absolute atomic E-state index is 0.168. The van der Waals surface area contributed by atoms with Crippen LogP contribution in [0.15, 0.2) is 36.4 Å². The van der Waals surface area contributed by atoms with Gasteiger partial charge in [0.25, 0.3) is 5.91 Å². The first kappa shape index (κ1) is 20.3. The Morgan fingerprint density at radius 2 is 1.81 bits per heavy atom. The second kappa shape index (κ2) is 9.07. The molecule has 0 heterocycles. The summed E-state index contributed by atoms with van der Waals surface area (Å²) in [6.45, 7) is 0.898. The number of anilines is 1. The lowest BCUT2D eigenvalue weighted by Crippen LogP contribution is -2.31. The first-order valence-electron chi connectivity index (χ1n) is 7.29. The number of hydrogen-bond donors (Lipinski definition) is 1. The topological polar surface area (TPSA) is 64.6 Å². The quantitative estimate of drug-likeness (QED) is 0.542. The second-order valence-electron chi connectivity index (χ2n) is 5.11. The van der Waals surface area contributed by atoms with Crippen molar-refractivity contribution in [1.29, 1.82) is 0 Å². The number of esters is 1. The van der Waals surface area contributed by atoms with Crippen LogP contribution in [0.4, 0.5) is 10.1 Å². The fourth-order valence-electron chi connectivity index (χ4n) is 1.84. The molecule has 2 aromatic rings. The minimum Gasteiger partial charge on any atom is -0.482 e. The number of nitrogens with one attached hydrogen (secondary N) is 1. The average molecular weight is 421 g/mol. The van der Waals surface area contributed by atoms with Gasteiger partial charge in [0.15, 0.2) is 12.7 Å². The monoisotopic (exact) mass is 419 g/mol. The van der Waals surface area contributed by atoms with Gasteiger partial charge in [-0.25, -0.2) is 9.18 Å². The Hall–Kier alpha value is -2.02. The molecule has 2 aromatic carbocycles. The first-order valence-corrected chi connectivity index (χ1v) is 8.43. The van der Waals surface area contributed by atoms with E-state index in [1.54, 1.807) is 0 Å². The van der Waals surface area contributed by atoms with Gasteiger partial charge in [-0.2, -0.15) is 0 Å². The van der Waals surface area contributed by atoms with Crippen LogP contribution in [-0.4, -0.2) is 24.6 Å². The lowest BCUT2D eigenvalue weighted by atomic mass is 10.3. The smallest absolute Gasteiger partial charge is 0.344 e. The standard InChI is InChI=1S/C17H13Cl3FNO4/c1-9(17(24)22-15-7-13(19)12(18)6-14(15)20)26-16(23)8-25-11-4-2-3-10(21)5-11/h2-7,9H,8H2,1H3,(H,22,24). The molecule has 0 saturated heterocycles. The van der Waals surface area contributed by atoms with Crippen LogP contribution in [-0.2, 0) is 14.3 Å². The molecule has 0 fully saturated rings. The number of carbonyl (C=O) groups is 2. The largest absolute Gasteiger partial charge is 0.482 e. The summed E-state index contributed by atoms with van der Waals surface area (Å²) in [4.78, 5) is 23.9. The first-order chi connectivity index (χ1) is 12.3. The highest BCUT2D eigenvalue weighted by atomic mass is 35.5. The molecule has 26 heavy (non-hydrogen) atoms. The molecule has 0 saturated carbocycles. The van der Waals surface area contributed by atoms with Crippen LogP contribution in [0.1, 0.15) is 6.92 Å². The maximum atomic E-state index is 13.0. The molecule has 1 amide bonds. The number of benzene rings is 2. The van der Waals surface area contributed by atoms with Crippen molar-refractivity contribution in [2.75, 3.05) is 11.9 Å². The van der Waals surface area contributed by atoms with E-state index in [1.165, 1.54) is 37.3 Å². The van der Waals surface area contributed by atoms with Crippen molar-refractivity contribution >= 4 is 52.4 Å². The van der Waals surface area contributed by atoms with Crippen molar-refractivity contribution in [3.8, 4) is 5.75 Å². The zero-order valence-electron chi connectivity index (χ0n) is 13.4. The number of amides is 1. The predicted molar refractivity (Wildman–Crippen MR) is 97.6 cm³/mol. The van der Waals surface area contributed by atoms with Gasteiger partial charge in [0.2, 0.25) is 0 Å². The molecule has 1 N–H and O–H groups in total. The lowest BCUT2D eigenvalue weighted by Gasteiger charge is -2.15. The normalized spacial score (nSPS) is 11.6. The van der Waals surface area contributed by atoms with E-state index in [1.807, 2.05) is 0 Å². The zero-order valence-corrected chi connectivity index (χ0v) is 15.7. The van der Waals surface area contributed by atoms with E-state index in [-0.39, 0.29) is 26.5 Å². The van der Waals surface area contributed by atoms with E-state index in [0.717, 1.165) is 6.07 Å². The molecule has 0 radical (unpaired) electrons. The van der Waals surface area contributed by atoms with E-state index in [9.17, 15) is 14.0 Å². The van der Waals surface area contributed by atoms with Crippen LogP contribution >= 0.6 is 34.8 Å². The molecule has 138 valence electrons. The lowest BCUT2D eigenvalue weighted by molar-refractivity contribution is -0.155. The van der Waals surface area contributed by atoms with Gasteiger partial charge in [-0.3, -0.25) is 4.79 Å². The van der Waals surface area contributed by atoms with E-state index < -0.39 is 30.4 Å². The zero-order chi connectivity index (χ0) is 19.3. The van der Waals surface area contributed by atoms with Crippen LogP contribution in [0.5, 0.6) is 5.75 Å². The molecule has 1 unspecified atom stereocenters.